The maximum atomic E-state index is 9.18. The molecule has 0 bridgehead atoms. The van der Waals surface area contributed by atoms with Crippen molar-refractivity contribution in [3.8, 4) is 11.4 Å². The fourth-order valence-corrected chi connectivity index (χ4v) is 1.40. The predicted octanol–water partition coefficient (Wildman–Crippen LogP) is 1.37. The fraction of sp³-hybridized carbons (Fsp3) is 0.300. The molecule has 2 aromatic rings. The summed E-state index contributed by atoms with van der Waals surface area (Å²) in [7, 11) is 0. The average Bonchev–Trinajstić information content (AvgIpc) is 2.66. The zero-order valence-electron chi connectivity index (χ0n) is 8.71. The Morgan fingerprint density at radius 3 is 2.69 bits per heavy atom. The first kappa shape index (κ1) is 11.0. The fourth-order valence-electron chi connectivity index (χ4n) is 1.27. The van der Waals surface area contributed by atoms with Gasteiger partial charge in [0, 0.05) is 10.6 Å². The standard InChI is InChI=1S/C10H11ClN4O/c1-7(16)6-15-13-10(12-14-15)8-2-4-9(11)5-3-8/h2-5,7,16H,6H2,1H3. The zero-order valence-corrected chi connectivity index (χ0v) is 9.46. The van der Waals surface area contributed by atoms with Crippen molar-refractivity contribution in [3.63, 3.8) is 0 Å². The Kier molecular flexibility index (Phi) is 3.17. The molecular weight excluding hydrogens is 228 g/mol. The van der Waals surface area contributed by atoms with Crippen molar-refractivity contribution in [1.29, 1.82) is 0 Å². The number of hydrogen-bond donors (Lipinski definition) is 1. The van der Waals surface area contributed by atoms with Crippen molar-refractivity contribution >= 4 is 11.6 Å². The van der Waals surface area contributed by atoms with Gasteiger partial charge < -0.3 is 5.11 Å². The highest BCUT2D eigenvalue weighted by Gasteiger charge is 2.06. The molecule has 84 valence electrons. The summed E-state index contributed by atoms with van der Waals surface area (Å²) in [6.45, 7) is 2.01. The summed E-state index contributed by atoms with van der Waals surface area (Å²) in [6.07, 6.45) is -0.493. The molecule has 0 aliphatic rings. The topological polar surface area (TPSA) is 63.8 Å². The molecule has 0 spiro atoms. The summed E-state index contributed by atoms with van der Waals surface area (Å²) in [6, 6.07) is 7.19. The molecule has 0 fully saturated rings. The Morgan fingerprint density at radius 1 is 1.38 bits per heavy atom. The molecule has 1 atom stereocenters. The van der Waals surface area contributed by atoms with Gasteiger partial charge >= 0.3 is 0 Å². The van der Waals surface area contributed by atoms with Crippen LogP contribution in [-0.2, 0) is 6.54 Å². The minimum Gasteiger partial charge on any atom is -0.391 e. The second-order valence-corrected chi connectivity index (χ2v) is 3.96. The molecule has 0 aliphatic heterocycles. The van der Waals surface area contributed by atoms with Gasteiger partial charge in [-0.15, -0.1) is 10.2 Å². The van der Waals surface area contributed by atoms with E-state index in [9.17, 15) is 5.11 Å². The van der Waals surface area contributed by atoms with E-state index < -0.39 is 6.10 Å². The van der Waals surface area contributed by atoms with Crippen LogP contribution in [0.15, 0.2) is 24.3 Å². The molecule has 1 heterocycles. The minimum atomic E-state index is -0.493. The molecule has 1 N–H and O–H groups in total. The third-order valence-electron chi connectivity index (χ3n) is 1.98. The molecule has 0 amide bonds. The highest BCUT2D eigenvalue weighted by molar-refractivity contribution is 6.30. The smallest absolute Gasteiger partial charge is 0.204 e. The third kappa shape index (κ3) is 2.56. The summed E-state index contributed by atoms with van der Waals surface area (Å²) >= 11 is 5.78. The number of hydrogen-bond acceptors (Lipinski definition) is 4. The predicted molar refractivity (Wildman–Crippen MR) is 59.9 cm³/mol. The molecule has 2 rings (SSSR count). The van der Waals surface area contributed by atoms with Gasteiger partial charge in [-0.05, 0) is 36.4 Å². The van der Waals surface area contributed by atoms with E-state index in [0.717, 1.165) is 5.56 Å². The van der Waals surface area contributed by atoms with Crippen molar-refractivity contribution in [1.82, 2.24) is 20.2 Å². The number of aliphatic hydroxyl groups excluding tert-OH is 1. The van der Waals surface area contributed by atoms with Crippen LogP contribution in [-0.4, -0.2) is 31.4 Å². The normalized spacial score (nSPS) is 12.7. The van der Waals surface area contributed by atoms with Gasteiger partial charge in [-0.1, -0.05) is 11.6 Å². The Balaban J connectivity index is 2.21. The summed E-state index contributed by atoms with van der Waals surface area (Å²) < 4.78 is 0. The maximum absolute atomic E-state index is 9.18. The molecule has 0 saturated carbocycles. The lowest BCUT2D eigenvalue weighted by atomic mass is 10.2. The molecule has 1 unspecified atom stereocenters. The van der Waals surface area contributed by atoms with Crippen LogP contribution in [0.4, 0.5) is 0 Å². The van der Waals surface area contributed by atoms with Crippen molar-refractivity contribution in [2.75, 3.05) is 0 Å². The number of rotatable bonds is 3. The van der Waals surface area contributed by atoms with Crippen LogP contribution in [0, 0.1) is 0 Å². The third-order valence-corrected chi connectivity index (χ3v) is 2.23. The maximum Gasteiger partial charge on any atom is 0.204 e. The van der Waals surface area contributed by atoms with E-state index in [4.69, 9.17) is 11.6 Å². The monoisotopic (exact) mass is 238 g/mol. The van der Waals surface area contributed by atoms with Gasteiger partial charge in [-0.3, -0.25) is 0 Å². The minimum absolute atomic E-state index is 0.334. The van der Waals surface area contributed by atoms with Gasteiger partial charge in [-0.2, -0.15) is 4.80 Å². The highest BCUT2D eigenvalue weighted by Crippen LogP contribution is 2.16. The largest absolute Gasteiger partial charge is 0.391 e. The number of benzene rings is 1. The lowest BCUT2D eigenvalue weighted by molar-refractivity contribution is 0.161. The summed E-state index contributed by atoms with van der Waals surface area (Å²) in [5.41, 5.74) is 0.848. The average molecular weight is 239 g/mol. The highest BCUT2D eigenvalue weighted by atomic mass is 35.5. The Bertz CT molecular complexity index is 466. The Morgan fingerprint density at radius 2 is 2.06 bits per heavy atom. The number of nitrogens with zero attached hydrogens (tertiary/aromatic N) is 4. The molecule has 6 heteroatoms. The van der Waals surface area contributed by atoms with E-state index in [1.54, 1.807) is 19.1 Å². The molecule has 1 aromatic carbocycles. The van der Waals surface area contributed by atoms with Gasteiger partial charge in [0.2, 0.25) is 5.82 Å². The quantitative estimate of drug-likeness (QED) is 0.877. The second kappa shape index (κ2) is 4.59. The number of tetrazole rings is 1. The van der Waals surface area contributed by atoms with E-state index >= 15 is 0 Å². The zero-order chi connectivity index (χ0) is 11.5. The lowest BCUT2D eigenvalue weighted by Gasteiger charge is -1.99. The van der Waals surface area contributed by atoms with Crippen LogP contribution in [0.25, 0.3) is 11.4 Å². The van der Waals surface area contributed by atoms with Gasteiger partial charge in [0.05, 0.1) is 12.6 Å². The SMILES string of the molecule is CC(O)Cn1nnc(-c2ccc(Cl)cc2)n1. The van der Waals surface area contributed by atoms with Crippen LogP contribution >= 0.6 is 11.6 Å². The van der Waals surface area contributed by atoms with Gasteiger partial charge in [0.1, 0.15) is 0 Å². The van der Waals surface area contributed by atoms with Crippen LogP contribution < -0.4 is 0 Å². The summed E-state index contributed by atoms with van der Waals surface area (Å²) in [4.78, 5) is 1.37. The van der Waals surface area contributed by atoms with Crippen LogP contribution in [0.3, 0.4) is 0 Å². The first-order valence-electron chi connectivity index (χ1n) is 4.87. The van der Waals surface area contributed by atoms with E-state index in [0.29, 0.717) is 17.4 Å². The van der Waals surface area contributed by atoms with E-state index in [-0.39, 0.29) is 0 Å². The van der Waals surface area contributed by atoms with Gasteiger partial charge in [0.25, 0.3) is 0 Å². The molecular formula is C10H11ClN4O. The summed E-state index contributed by atoms with van der Waals surface area (Å²) in [5, 5.41) is 21.7. The molecule has 0 radical (unpaired) electrons. The number of aliphatic hydroxyl groups is 1. The Hall–Kier alpha value is -1.46. The summed E-state index contributed by atoms with van der Waals surface area (Å²) in [5.74, 6) is 0.525. The van der Waals surface area contributed by atoms with Crippen molar-refractivity contribution in [3.05, 3.63) is 29.3 Å². The number of aromatic nitrogens is 4. The van der Waals surface area contributed by atoms with Crippen molar-refractivity contribution in [2.45, 2.75) is 19.6 Å². The van der Waals surface area contributed by atoms with E-state index in [1.807, 2.05) is 12.1 Å². The molecule has 1 aromatic heterocycles. The molecule has 0 saturated heterocycles. The first-order chi connectivity index (χ1) is 7.65. The van der Waals surface area contributed by atoms with Crippen molar-refractivity contribution < 1.29 is 5.11 Å². The van der Waals surface area contributed by atoms with Crippen LogP contribution in [0.1, 0.15) is 6.92 Å². The van der Waals surface area contributed by atoms with Gasteiger partial charge in [0.15, 0.2) is 0 Å². The number of halogens is 1. The van der Waals surface area contributed by atoms with Crippen molar-refractivity contribution in [2.24, 2.45) is 0 Å². The van der Waals surface area contributed by atoms with Crippen LogP contribution in [0.5, 0.6) is 0 Å². The molecule has 5 nitrogen and oxygen atoms in total. The molecule has 0 aliphatic carbocycles. The molecule has 16 heavy (non-hydrogen) atoms. The first-order valence-corrected chi connectivity index (χ1v) is 5.25. The van der Waals surface area contributed by atoms with E-state index in [2.05, 4.69) is 15.4 Å². The second-order valence-electron chi connectivity index (χ2n) is 3.52. The van der Waals surface area contributed by atoms with Crippen LogP contribution in [0.2, 0.25) is 5.02 Å². The Labute approximate surface area is 97.7 Å². The van der Waals surface area contributed by atoms with E-state index in [1.165, 1.54) is 4.80 Å². The van der Waals surface area contributed by atoms with Gasteiger partial charge in [-0.25, -0.2) is 0 Å². The lowest BCUT2D eigenvalue weighted by Crippen LogP contribution is -2.14.